The van der Waals surface area contributed by atoms with E-state index in [-0.39, 0.29) is 18.7 Å². The second-order valence-corrected chi connectivity index (χ2v) is 8.16. The van der Waals surface area contributed by atoms with Gasteiger partial charge >= 0.3 is 6.09 Å². The molecule has 0 spiro atoms. The first-order valence-electron chi connectivity index (χ1n) is 9.19. The fraction of sp³-hybridized carbons (Fsp3) is 0.944. The van der Waals surface area contributed by atoms with Crippen LogP contribution in [0.15, 0.2) is 0 Å². The van der Waals surface area contributed by atoms with Gasteiger partial charge in [0, 0.05) is 31.1 Å². The van der Waals surface area contributed by atoms with Crippen LogP contribution in [0.5, 0.6) is 0 Å². The Bertz CT molecular complexity index is 382. The smallest absolute Gasteiger partial charge is 0.410 e. The lowest BCUT2D eigenvalue weighted by molar-refractivity contribution is -0.00902. The fourth-order valence-electron chi connectivity index (χ4n) is 3.80. The lowest BCUT2D eigenvalue weighted by atomic mass is 9.88. The Morgan fingerprint density at radius 2 is 1.83 bits per heavy atom. The molecule has 2 fully saturated rings. The van der Waals surface area contributed by atoms with E-state index in [0.29, 0.717) is 17.9 Å². The molecule has 134 valence electrons. The first kappa shape index (κ1) is 18.5. The van der Waals surface area contributed by atoms with Gasteiger partial charge in [0.15, 0.2) is 0 Å². The maximum atomic E-state index is 12.0. The topological polar surface area (TPSA) is 61.8 Å². The standard InChI is InChI=1S/C18H34N2O3/c1-5-15(19-16(12-21)13-8-6-7-9-13)14-10-20(11-14)17(22)23-18(2,3)4/h13-16,19,21H,5-12H2,1-4H3. The first-order chi connectivity index (χ1) is 10.8. The van der Waals surface area contributed by atoms with Gasteiger partial charge in [-0.1, -0.05) is 19.8 Å². The van der Waals surface area contributed by atoms with Crippen LogP contribution in [0.2, 0.25) is 0 Å². The number of likely N-dealkylation sites (tertiary alicyclic amines) is 1. The summed E-state index contributed by atoms with van der Waals surface area (Å²) in [5.74, 6) is 1.07. The number of hydrogen-bond donors (Lipinski definition) is 2. The Balaban J connectivity index is 1.80. The van der Waals surface area contributed by atoms with Crippen LogP contribution in [0, 0.1) is 11.8 Å². The zero-order chi connectivity index (χ0) is 17.0. The Kier molecular flexibility index (Phi) is 6.32. The van der Waals surface area contributed by atoms with Gasteiger partial charge < -0.3 is 20.1 Å². The van der Waals surface area contributed by atoms with Gasteiger partial charge in [-0.3, -0.25) is 0 Å². The van der Waals surface area contributed by atoms with Gasteiger partial charge in [0.2, 0.25) is 0 Å². The molecule has 2 atom stereocenters. The molecule has 1 saturated carbocycles. The van der Waals surface area contributed by atoms with E-state index < -0.39 is 5.60 Å². The average molecular weight is 326 g/mol. The van der Waals surface area contributed by atoms with Crippen molar-refractivity contribution in [1.82, 2.24) is 10.2 Å². The molecule has 2 unspecified atom stereocenters. The summed E-state index contributed by atoms with van der Waals surface area (Å²) in [5.41, 5.74) is -0.435. The number of rotatable bonds is 6. The summed E-state index contributed by atoms with van der Waals surface area (Å²) >= 11 is 0. The number of carbonyl (C=O) groups excluding carboxylic acids is 1. The monoisotopic (exact) mass is 326 g/mol. The van der Waals surface area contributed by atoms with Crippen LogP contribution in [-0.4, -0.2) is 53.5 Å². The second kappa shape index (κ2) is 7.84. The van der Waals surface area contributed by atoms with E-state index in [1.54, 1.807) is 4.90 Å². The Morgan fingerprint density at radius 1 is 1.22 bits per heavy atom. The lowest BCUT2D eigenvalue weighted by Gasteiger charge is -2.44. The third-order valence-electron chi connectivity index (χ3n) is 5.16. The van der Waals surface area contributed by atoms with Crippen LogP contribution in [0.1, 0.15) is 59.8 Å². The largest absolute Gasteiger partial charge is 0.444 e. The summed E-state index contributed by atoms with van der Waals surface area (Å²) in [6, 6.07) is 0.574. The molecular formula is C18H34N2O3. The van der Waals surface area contributed by atoms with Crippen LogP contribution < -0.4 is 5.32 Å². The van der Waals surface area contributed by atoms with Crippen LogP contribution in [-0.2, 0) is 4.74 Å². The van der Waals surface area contributed by atoms with Crippen molar-refractivity contribution in [2.24, 2.45) is 11.8 Å². The van der Waals surface area contributed by atoms with Gasteiger partial charge in [-0.2, -0.15) is 0 Å². The minimum absolute atomic E-state index is 0.207. The predicted molar refractivity (Wildman–Crippen MR) is 91.3 cm³/mol. The van der Waals surface area contributed by atoms with E-state index in [4.69, 9.17) is 4.74 Å². The lowest BCUT2D eigenvalue weighted by Crippen LogP contribution is -2.60. The van der Waals surface area contributed by atoms with Crippen LogP contribution >= 0.6 is 0 Å². The van der Waals surface area contributed by atoms with Crippen molar-refractivity contribution < 1.29 is 14.6 Å². The molecule has 1 aliphatic carbocycles. The zero-order valence-corrected chi connectivity index (χ0v) is 15.2. The van der Waals surface area contributed by atoms with Crippen molar-refractivity contribution >= 4 is 6.09 Å². The van der Waals surface area contributed by atoms with Gasteiger partial charge in [0.25, 0.3) is 0 Å². The van der Waals surface area contributed by atoms with Gasteiger partial charge in [0.05, 0.1) is 6.61 Å². The average Bonchev–Trinajstić information content (AvgIpc) is 2.92. The van der Waals surface area contributed by atoms with E-state index >= 15 is 0 Å². The minimum atomic E-state index is -0.435. The predicted octanol–water partition coefficient (Wildman–Crippen LogP) is 2.77. The molecule has 0 radical (unpaired) electrons. The van der Waals surface area contributed by atoms with Crippen molar-refractivity contribution in [3.8, 4) is 0 Å². The molecular weight excluding hydrogens is 292 g/mol. The van der Waals surface area contributed by atoms with Gasteiger partial charge in [0.1, 0.15) is 5.60 Å². The van der Waals surface area contributed by atoms with Crippen molar-refractivity contribution in [2.45, 2.75) is 77.5 Å². The third-order valence-corrected chi connectivity index (χ3v) is 5.16. The highest BCUT2D eigenvalue weighted by molar-refractivity contribution is 5.69. The quantitative estimate of drug-likeness (QED) is 0.788. The molecule has 1 amide bonds. The second-order valence-electron chi connectivity index (χ2n) is 8.16. The maximum absolute atomic E-state index is 12.0. The molecule has 0 bridgehead atoms. The molecule has 5 heteroatoms. The van der Waals surface area contributed by atoms with Crippen molar-refractivity contribution in [3.63, 3.8) is 0 Å². The Hall–Kier alpha value is -0.810. The van der Waals surface area contributed by atoms with Gasteiger partial charge in [-0.25, -0.2) is 4.79 Å². The molecule has 2 N–H and O–H groups in total. The molecule has 1 heterocycles. The number of aliphatic hydroxyl groups excluding tert-OH is 1. The summed E-state index contributed by atoms with van der Waals surface area (Å²) in [7, 11) is 0. The molecule has 0 aromatic rings. The number of aliphatic hydroxyl groups is 1. The summed E-state index contributed by atoms with van der Waals surface area (Å²) in [6.07, 6.45) is 5.84. The molecule has 2 rings (SSSR count). The molecule has 23 heavy (non-hydrogen) atoms. The van der Waals surface area contributed by atoms with E-state index in [1.807, 2.05) is 20.8 Å². The highest BCUT2D eigenvalue weighted by atomic mass is 16.6. The van der Waals surface area contributed by atoms with Crippen molar-refractivity contribution in [3.05, 3.63) is 0 Å². The number of hydrogen-bond acceptors (Lipinski definition) is 4. The molecule has 0 aromatic carbocycles. The maximum Gasteiger partial charge on any atom is 0.410 e. The minimum Gasteiger partial charge on any atom is -0.444 e. The Morgan fingerprint density at radius 3 is 2.30 bits per heavy atom. The molecule has 1 aliphatic heterocycles. The zero-order valence-electron chi connectivity index (χ0n) is 15.2. The number of nitrogens with zero attached hydrogens (tertiary/aromatic N) is 1. The van der Waals surface area contributed by atoms with Gasteiger partial charge in [-0.05, 0) is 46.0 Å². The SMILES string of the molecule is CCC(NC(CO)C1CCCC1)C1CN(C(=O)OC(C)(C)C)C1. The van der Waals surface area contributed by atoms with E-state index in [9.17, 15) is 9.90 Å². The number of ether oxygens (including phenoxy) is 1. The Labute approximate surface area is 140 Å². The van der Waals surface area contributed by atoms with E-state index in [1.165, 1.54) is 25.7 Å². The summed E-state index contributed by atoms with van der Waals surface area (Å²) in [6.45, 7) is 9.58. The number of nitrogens with one attached hydrogen (secondary N) is 1. The highest BCUT2D eigenvalue weighted by Crippen LogP contribution is 2.30. The van der Waals surface area contributed by atoms with Crippen LogP contribution in [0.25, 0.3) is 0 Å². The molecule has 0 aromatic heterocycles. The van der Waals surface area contributed by atoms with E-state index in [2.05, 4.69) is 12.2 Å². The van der Waals surface area contributed by atoms with Crippen LogP contribution in [0.3, 0.4) is 0 Å². The molecule has 1 saturated heterocycles. The fourth-order valence-corrected chi connectivity index (χ4v) is 3.80. The normalized spacial score (nSPS) is 22.7. The van der Waals surface area contributed by atoms with Crippen molar-refractivity contribution in [1.29, 1.82) is 0 Å². The number of carbonyl (C=O) groups is 1. The summed E-state index contributed by atoms with van der Waals surface area (Å²) in [4.78, 5) is 13.8. The van der Waals surface area contributed by atoms with Crippen LogP contribution in [0.4, 0.5) is 4.79 Å². The highest BCUT2D eigenvalue weighted by Gasteiger charge is 2.39. The van der Waals surface area contributed by atoms with E-state index in [0.717, 1.165) is 19.5 Å². The third kappa shape index (κ3) is 5.08. The molecule has 5 nitrogen and oxygen atoms in total. The van der Waals surface area contributed by atoms with Gasteiger partial charge in [-0.15, -0.1) is 0 Å². The summed E-state index contributed by atoms with van der Waals surface area (Å²) < 4.78 is 5.41. The number of amides is 1. The molecule has 2 aliphatic rings. The first-order valence-corrected chi connectivity index (χ1v) is 9.19. The summed E-state index contributed by atoms with van der Waals surface area (Å²) in [5, 5.41) is 13.4. The van der Waals surface area contributed by atoms with Crippen molar-refractivity contribution in [2.75, 3.05) is 19.7 Å².